The molecule has 2 aliphatic rings. The number of hydrogen-bond donors (Lipinski definition) is 1. The first-order valence-electron chi connectivity index (χ1n) is 9.70. The first-order chi connectivity index (χ1) is 11.9. The molecule has 4 heteroatoms. The molecule has 2 heterocycles. The van der Waals surface area contributed by atoms with Crippen LogP contribution in [0.15, 0.2) is 30.3 Å². The van der Waals surface area contributed by atoms with Crippen LogP contribution in [0.1, 0.15) is 24.8 Å². The Balaban J connectivity index is 1.46. The number of nitrogens with one attached hydrogen (secondary N) is 1. The summed E-state index contributed by atoms with van der Waals surface area (Å²) in [5, 5.41) is 3.59. The third kappa shape index (κ3) is 5.85. The Morgan fingerprint density at radius 2 is 1.96 bits per heavy atom. The Morgan fingerprint density at radius 3 is 2.71 bits per heavy atom. The number of rotatable bonds is 8. The maximum absolute atomic E-state index is 5.47. The highest BCUT2D eigenvalue weighted by molar-refractivity contribution is 5.14. The van der Waals surface area contributed by atoms with E-state index in [4.69, 9.17) is 4.74 Å². The molecule has 0 amide bonds. The molecular weight excluding hydrogens is 298 g/mol. The van der Waals surface area contributed by atoms with Crippen molar-refractivity contribution < 1.29 is 4.74 Å². The third-order valence-corrected chi connectivity index (χ3v) is 5.35. The molecular formula is C20H33N3O. The fourth-order valence-corrected chi connectivity index (χ4v) is 3.85. The van der Waals surface area contributed by atoms with E-state index in [1.165, 1.54) is 57.4 Å². The summed E-state index contributed by atoms with van der Waals surface area (Å²) in [6.45, 7) is 9.95. The van der Waals surface area contributed by atoms with Gasteiger partial charge in [-0.1, -0.05) is 30.3 Å². The minimum Gasteiger partial charge on any atom is -0.379 e. The normalized spacial score (nSPS) is 22.8. The van der Waals surface area contributed by atoms with Crippen LogP contribution in [0.25, 0.3) is 0 Å². The molecule has 134 valence electrons. The van der Waals surface area contributed by atoms with Gasteiger partial charge in [0.25, 0.3) is 0 Å². The van der Waals surface area contributed by atoms with E-state index in [9.17, 15) is 0 Å². The number of morpholine rings is 1. The Bertz CT molecular complexity index is 441. The number of piperidine rings is 1. The first-order valence-corrected chi connectivity index (χ1v) is 9.70. The van der Waals surface area contributed by atoms with Crippen molar-refractivity contribution in [2.24, 2.45) is 0 Å². The molecule has 0 saturated carbocycles. The van der Waals surface area contributed by atoms with Gasteiger partial charge in [-0.15, -0.1) is 0 Å². The maximum Gasteiger partial charge on any atom is 0.0594 e. The van der Waals surface area contributed by atoms with Crippen LogP contribution in [0.4, 0.5) is 0 Å². The monoisotopic (exact) mass is 331 g/mol. The summed E-state index contributed by atoms with van der Waals surface area (Å²) in [4.78, 5) is 5.30. The molecule has 2 fully saturated rings. The van der Waals surface area contributed by atoms with Crippen LogP contribution in [0.5, 0.6) is 0 Å². The molecule has 0 spiro atoms. The van der Waals surface area contributed by atoms with Crippen LogP contribution in [0.2, 0.25) is 0 Å². The average Bonchev–Trinajstić information content (AvgIpc) is 2.67. The van der Waals surface area contributed by atoms with Gasteiger partial charge in [0.15, 0.2) is 0 Å². The zero-order valence-electron chi connectivity index (χ0n) is 15.0. The van der Waals surface area contributed by atoms with Gasteiger partial charge in [0.2, 0.25) is 0 Å². The number of nitrogens with zero attached hydrogens (tertiary/aromatic N) is 2. The van der Waals surface area contributed by atoms with Gasteiger partial charge in [-0.2, -0.15) is 0 Å². The van der Waals surface area contributed by atoms with Crippen molar-refractivity contribution in [1.29, 1.82) is 0 Å². The summed E-state index contributed by atoms with van der Waals surface area (Å²) >= 11 is 0. The predicted molar refractivity (Wildman–Crippen MR) is 99.5 cm³/mol. The summed E-state index contributed by atoms with van der Waals surface area (Å²) in [7, 11) is 0. The van der Waals surface area contributed by atoms with Crippen molar-refractivity contribution in [2.45, 2.75) is 31.7 Å². The molecule has 1 unspecified atom stereocenters. The topological polar surface area (TPSA) is 27.7 Å². The molecule has 2 aliphatic heterocycles. The molecule has 0 aromatic heterocycles. The van der Waals surface area contributed by atoms with E-state index in [-0.39, 0.29) is 0 Å². The summed E-state index contributed by atoms with van der Waals surface area (Å²) in [6, 6.07) is 11.6. The maximum atomic E-state index is 5.47. The average molecular weight is 332 g/mol. The van der Waals surface area contributed by atoms with Gasteiger partial charge in [-0.25, -0.2) is 0 Å². The van der Waals surface area contributed by atoms with Gasteiger partial charge >= 0.3 is 0 Å². The second-order valence-electron chi connectivity index (χ2n) is 7.08. The van der Waals surface area contributed by atoms with Crippen LogP contribution in [-0.4, -0.2) is 74.9 Å². The Morgan fingerprint density at radius 1 is 1.12 bits per heavy atom. The number of ether oxygens (including phenoxy) is 1. The quantitative estimate of drug-likeness (QED) is 0.789. The molecule has 0 aliphatic carbocycles. The van der Waals surface area contributed by atoms with Crippen LogP contribution < -0.4 is 5.32 Å². The van der Waals surface area contributed by atoms with Crippen LogP contribution in [0.3, 0.4) is 0 Å². The minimum atomic E-state index is 0.718. The van der Waals surface area contributed by atoms with E-state index in [0.29, 0.717) is 0 Å². The lowest BCUT2D eigenvalue weighted by molar-refractivity contribution is 0.0297. The summed E-state index contributed by atoms with van der Waals surface area (Å²) in [5.41, 5.74) is 1.47. The molecule has 4 nitrogen and oxygen atoms in total. The first kappa shape index (κ1) is 17.9. The molecule has 0 bridgehead atoms. The van der Waals surface area contributed by atoms with E-state index >= 15 is 0 Å². The molecule has 1 aromatic rings. The summed E-state index contributed by atoms with van der Waals surface area (Å²) in [5.74, 6) is 0. The Kier molecular flexibility index (Phi) is 7.55. The SMILES string of the molecule is c1ccc(CCCN(CCN2CCOCC2)C2CCCNC2)cc1. The number of benzene rings is 1. The zero-order chi connectivity index (χ0) is 16.5. The lowest BCUT2D eigenvalue weighted by Gasteiger charge is -2.37. The van der Waals surface area contributed by atoms with Gasteiger partial charge in [-0.05, 0) is 44.3 Å². The van der Waals surface area contributed by atoms with Crippen LogP contribution >= 0.6 is 0 Å². The van der Waals surface area contributed by atoms with Crippen molar-refractivity contribution in [3.05, 3.63) is 35.9 Å². The van der Waals surface area contributed by atoms with E-state index in [1.807, 2.05) is 0 Å². The highest BCUT2D eigenvalue weighted by atomic mass is 16.5. The van der Waals surface area contributed by atoms with Gasteiger partial charge in [0.05, 0.1) is 13.2 Å². The summed E-state index contributed by atoms with van der Waals surface area (Å²) in [6.07, 6.45) is 5.11. The molecule has 1 N–H and O–H groups in total. The largest absolute Gasteiger partial charge is 0.379 e. The van der Waals surface area contributed by atoms with E-state index in [0.717, 1.165) is 38.9 Å². The highest BCUT2D eigenvalue weighted by Gasteiger charge is 2.21. The van der Waals surface area contributed by atoms with Gasteiger partial charge in [0, 0.05) is 38.8 Å². The van der Waals surface area contributed by atoms with Crippen LogP contribution in [-0.2, 0) is 11.2 Å². The smallest absolute Gasteiger partial charge is 0.0594 e. The molecule has 2 saturated heterocycles. The van der Waals surface area contributed by atoms with Crippen molar-refractivity contribution in [3.63, 3.8) is 0 Å². The van der Waals surface area contributed by atoms with E-state index in [1.54, 1.807) is 0 Å². The molecule has 24 heavy (non-hydrogen) atoms. The van der Waals surface area contributed by atoms with E-state index < -0.39 is 0 Å². The Labute approximate surface area is 147 Å². The number of hydrogen-bond acceptors (Lipinski definition) is 4. The molecule has 1 atom stereocenters. The highest BCUT2D eigenvalue weighted by Crippen LogP contribution is 2.13. The van der Waals surface area contributed by atoms with Crippen molar-refractivity contribution in [2.75, 3.05) is 59.0 Å². The molecule has 3 rings (SSSR count). The second-order valence-corrected chi connectivity index (χ2v) is 7.08. The summed E-state index contributed by atoms with van der Waals surface area (Å²) < 4.78 is 5.47. The second kappa shape index (κ2) is 10.1. The Hall–Kier alpha value is -0.940. The van der Waals surface area contributed by atoms with Gasteiger partial charge in [0.1, 0.15) is 0 Å². The lowest BCUT2D eigenvalue weighted by atomic mass is 10.0. The van der Waals surface area contributed by atoms with Gasteiger partial charge in [-0.3, -0.25) is 9.80 Å². The van der Waals surface area contributed by atoms with E-state index in [2.05, 4.69) is 45.4 Å². The predicted octanol–water partition coefficient (Wildman–Crippen LogP) is 2.01. The van der Waals surface area contributed by atoms with Crippen molar-refractivity contribution in [3.8, 4) is 0 Å². The molecule has 1 aromatic carbocycles. The lowest BCUT2D eigenvalue weighted by Crippen LogP contribution is -2.49. The fourth-order valence-electron chi connectivity index (χ4n) is 3.85. The van der Waals surface area contributed by atoms with Crippen molar-refractivity contribution in [1.82, 2.24) is 15.1 Å². The number of aryl methyl sites for hydroxylation is 1. The molecule has 0 radical (unpaired) electrons. The van der Waals surface area contributed by atoms with Gasteiger partial charge < -0.3 is 10.1 Å². The minimum absolute atomic E-state index is 0.718. The fraction of sp³-hybridized carbons (Fsp3) is 0.700. The zero-order valence-corrected chi connectivity index (χ0v) is 15.0. The third-order valence-electron chi connectivity index (χ3n) is 5.35. The standard InChI is InChI=1S/C20H33N3O/c1-2-6-19(7-3-1)8-5-11-23(20-9-4-10-21-18-20)13-12-22-14-16-24-17-15-22/h1-3,6-7,20-21H,4-5,8-18H2. The van der Waals surface area contributed by atoms with Crippen molar-refractivity contribution >= 4 is 0 Å². The van der Waals surface area contributed by atoms with Crippen LogP contribution in [0, 0.1) is 0 Å².